The molecule has 1 aliphatic rings. The highest BCUT2D eigenvalue weighted by Gasteiger charge is 2.32. The van der Waals surface area contributed by atoms with Crippen LogP contribution in [0.4, 0.5) is 8.78 Å². The maximum Gasteiger partial charge on any atom is 0.275 e. The second-order valence-electron chi connectivity index (χ2n) is 3.11. The number of carbonyl (C=O) groups excluding carboxylic acids is 1. The number of fused-ring (bicyclic) bond motifs is 1. The Balaban J connectivity index is 2.33. The van der Waals surface area contributed by atoms with Gasteiger partial charge < -0.3 is 4.74 Å². The number of para-hydroxylation sites is 1. The Morgan fingerprint density at radius 2 is 2.07 bits per heavy atom. The standard InChI is InChI=1S/C10H8F2O2/c11-10(12)9-5-7(13)6-3-1-2-4-8(6)14-9/h1-4,9-10H,5H2. The first kappa shape index (κ1) is 9.12. The molecule has 1 unspecified atom stereocenters. The molecule has 4 heteroatoms. The normalized spacial score (nSPS) is 20.5. The first-order valence-corrected chi connectivity index (χ1v) is 4.25. The lowest BCUT2D eigenvalue weighted by Gasteiger charge is -2.24. The van der Waals surface area contributed by atoms with Crippen LogP contribution in [0, 0.1) is 0 Å². The van der Waals surface area contributed by atoms with E-state index < -0.39 is 12.5 Å². The summed E-state index contributed by atoms with van der Waals surface area (Å²) in [5, 5.41) is 0. The monoisotopic (exact) mass is 198 g/mol. The molecule has 0 fully saturated rings. The second kappa shape index (κ2) is 3.36. The van der Waals surface area contributed by atoms with Crippen molar-refractivity contribution in [2.24, 2.45) is 0 Å². The Kier molecular flexibility index (Phi) is 2.19. The molecule has 2 rings (SSSR count). The van der Waals surface area contributed by atoms with E-state index in [-0.39, 0.29) is 18.0 Å². The fourth-order valence-corrected chi connectivity index (χ4v) is 1.44. The van der Waals surface area contributed by atoms with Gasteiger partial charge in [-0.15, -0.1) is 0 Å². The molecule has 0 saturated carbocycles. The van der Waals surface area contributed by atoms with Crippen molar-refractivity contribution in [1.82, 2.24) is 0 Å². The second-order valence-corrected chi connectivity index (χ2v) is 3.11. The van der Waals surface area contributed by atoms with Crippen LogP contribution in [-0.4, -0.2) is 18.3 Å². The van der Waals surface area contributed by atoms with E-state index in [9.17, 15) is 13.6 Å². The summed E-state index contributed by atoms with van der Waals surface area (Å²) in [6, 6.07) is 6.45. The Morgan fingerprint density at radius 3 is 2.79 bits per heavy atom. The lowest BCUT2D eigenvalue weighted by Crippen LogP contribution is -2.32. The number of benzene rings is 1. The van der Waals surface area contributed by atoms with Crippen molar-refractivity contribution in [3.8, 4) is 5.75 Å². The van der Waals surface area contributed by atoms with E-state index in [2.05, 4.69) is 0 Å². The van der Waals surface area contributed by atoms with E-state index in [4.69, 9.17) is 4.74 Å². The zero-order valence-corrected chi connectivity index (χ0v) is 7.24. The summed E-state index contributed by atoms with van der Waals surface area (Å²) in [5.74, 6) is -0.0220. The quantitative estimate of drug-likeness (QED) is 0.692. The van der Waals surface area contributed by atoms with E-state index >= 15 is 0 Å². The average molecular weight is 198 g/mol. The Morgan fingerprint density at radius 1 is 1.36 bits per heavy atom. The van der Waals surface area contributed by atoms with Gasteiger partial charge in [-0.3, -0.25) is 4.79 Å². The molecule has 0 aromatic heterocycles. The van der Waals surface area contributed by atoms with Gasteiger partial charge in [0.15, 0.2) is 11.9 Å². The van der Waals surface area contributed by atoms with Gasteiger partial charge in [0.25, 0.3) is 6.43 Å². The summed E-state index contributed by atoms with van der Waals surface area (Å²) < 4.78 is 29.6. The number of halogens is 2. The van der Waals surface area contributed by atoms with Crippen LogP contribution in [0.2, 0.25) is 0 Å². The summed E-state index contributed by atoms with van der Waals surface area (Å²) in [7, 11) is 0. The number of hydrogen-bond donors (Lipinski definition) is 0. The number of alkyl halides is 2. The molecule has 1 aromatic rings. The van der Waals surface area contributed by atoms with Gasteiger partial charge in [0.1, 0.15) is 5.75 Å². The van der Waals surface area contributed by atoms with E-state index in [1.54, 1.807) is 18.2 Å². The van der Waals surface area contributed by atoms with Gasteiger partial charge in [-0.2, -0.15) is 0 Å². The highest BCUT2D eigenvalue weighted by Crippen LogP contribution is 2.29. The van der Waals surface area contributed by atoms with Crippen molar-refractivity contribution in [2.45, 2.75) is 19.0 Å². The molecule has 0 spiro atoms. The highest BCUT2D eigenvalue weighted by atomic mass is 19.3. The first-order valence-electron chi connectivity index (χ1n) is 4.25. The van der Waals surface area contributed by atoms with E-state index in [1.165, 1.54) is 6.07 Å². The SMILES string of the molecule is O=C1CC(C(F)F)Oc2ccccc21. The van der Waals surface area contributed by atoms with Crippen molar-refractivity contribution < 1.29 is 18.3 Å². The van der Waals surface area contributed by atoms with Crippen molar-refractivity contribution in [2.75, 3.05) is 0 Å². The predicted octanol–water partition coefficient (Wildman–Crippen LogP) is 2.29. The molecule has 74 valence electrons. The van der Waals surface area contributed by atoms with Crippen molar-refractivity contribution in [3.05, 3.63) is 29.8 Å². The summed E-state index contributed by atoms with van der Waals surface area (Å²) in [5.41, 5.74) is 0.393. The summed E-state index contributed by atoms with van der Waals surface area (Å²) >= 11 is 0. The van der Waals surface area contributed by atoms with Crippen LogP contribution in [0.3, 0.4) is 0 Å². The van der Waals surface area contributed by atoms with Gasteiger partial charge in [-0.25, -0.2) is 8.78 Å². The molecule has 0 N–H and O–H groups in total. The molecule has 2 nitrogen and oxygen atoms in total. The van der Waals surface area contributed by atoms with Gasteiger partial charge in [-0.05, 0) is 12.1 Å². The zero-order valence-electron chi connectivity index (χ0n) is 7.24. The molecule has 1 aromatic carbocycles. The largest absolute Gasteiger partial charge is 0.483 e. The maximum absolute atomic E-state index is 12.3. The molecule has 0 saturated heterocycles. The van der Waals surface area contributed by atoms with Crippen LogP contribution in [0.1, 0.15) is 16.8 Å². The van der Waals surface area contributed by atoms with Gasteiger partial charge in [-0.1, -0.05) is 12.1 Å². The Hall–Kier alpha value is -1.45. The number of ketones is 1. The van der Waals surface area contributed by atoms with Gasteiger partial charge in [0.05, 0.1) is 12.0 Å². The first-order chi connectivity index (χ1) is 6.68. The molecule has 0 aliphatic carbocycles. The molecule has 0 bridgehead atoms. The lowest BCUT2D eigenvalue weighted by atomic mass is 10.0. The number of rotatable bonds is 1. The molecular formula is C10H8F2O2. The van der Waals surface area contributed by atoms with Gasteiger partial charge >= 0.3 is 0 Å². The Labute approximate surface area is 79.5 Å². The third kappa shape index (κ3) is 1.47. The van der Waals surface area contributed by atoms with E-state index in [0.29, 0.717) is 5.56 Å². The number of ether oxygens (including phenoxy) is 1. The lowest BCUT2D eigenvalue weighted by molar-refractivity contribution is 0.00308. The van der Waals surface area contributed by atoms with Crippen molar-refractivity contribution in [1.29, 1.82) is 0 Å². The summed E-state index contributed by atoms with van der Waals surface area (Å²) in [6.45, 7) is 0. The fraction of sp³-hybridized carbons (Fsp3) is 0.300. The number of hydrogen-bond acceptors (Lipinski definition) is 2. The van der Waals surface area contributed by atoms with Gasteiger partial charge in [0.2, 0.25) is 0 Å². The number of carbonyl (C=O) groups is 1. The zero-order chi connectivity index (χ0) is 10.1. The van der Waals surface area contributed by atoms with Crippen LogP contribution < -0.4 is 4.74 Å². The minimum Gasteiger partial charge on any atom is -0.483 e. The van der Waals surface area contributed by atoms with Crippen molar-refractivity contribution >= 4 is 5.78 Å². The smallest absolute Gasteiger partial charge is 0.275 e. The highest BCUT2D eigenvalue weighted by molar-refractivity contribution is 5.99. The molecule has 14 heavy (non-hydrogen) atoms. The molecular weight excluding hydrogens is 190 g/mol. The van der Waals surface area contributed by atoms with E-state index in [0.717, 1.165) is 0 Å². The van der Waals surface area contributed by atoms with E-state index in [1.807, 2.05) is 0 Å². The Bertz CT molecular complexity index is 363. The van der Waals surface area contributed by atoms with Crippen molar-refractivity contribution in [3.63, 3.8) is 0 Å². The molecule has 1 aliphatic heterocycles. The summed E-state index contributed by atoms with van der Waals surface area (Å²) in [4.78, 5) is 11.4. The number of Topliss-reactive ketones (excluding diaryl/α,β-unsaturated/α-hetero) is 1. The molecule has 1 heterocycles. The molecule has 0 radical (unpaired) electrons. The van der Waals surface area contributed by atoms with Gasteiger partial charge in [0, 0.05) is 0 Å². The predicted molar refractivity (Wildman–Crippen MR) is 45.8 cm³/mol. The molecule has 0 amide bonds. The minimum atomic E-state index is -2.62. The van der Waals surface area contributed by atoms with Crippen LogP contribution >= 0.6 is 0 Å². The third-order valence-electron chi connectivity index (χ3n) is 2.13. The van der Waals surface area contributed by atoms with Crippen LogP contribution in [-0.2, 0) is 0 Å². The van der Waals surface area contributed by atoms with Crippen LogP contribution in [0.25, 0.3) is 0 Å². The average Bonchev–Trinajstić information content (AvgIpc) is 2.17. The van der Waals surface area contributed by atoms with Crippen LogP contribution in [0.5, 0.6) is 5.75 Å². The molecule has 1 atom stereocenters. The third-order valence-corrected chi connectivity index (χ3v) is 2.13. The summed E-state index contributed by atoms with van der Waals surface area (Å²) in [6.07, 6.45) is -4.15. The van der Waals surface area contributed by atoms with Crippen LogP contribution in [0.15, 0.2) is 24.3 Å². The minimum absolute atomic E-state index is 0.241. The fourth-order valence-electron chi connectivity index (χ4n) is 1.44. The topological polar surface area (TPSA) is 26.3 Å². The maximum atomic E-state index is 12.3.